The number of nitrogens with zero attached hydrogens (tertiary/aromatic N) is 2. The van der Waals surface area contributed by atoms with Crippen LogP contribution in [0.15, 0.2) is 77.9 Å². The highest BCUT2D eigenvalue weighted by atomic mass is 16.5. The second-order valence-corrected chi connectivity index (χ2v) is 9.12. The number of aromatic hydroxyl groups is 1. The zero-order chi connectivity index (χ0) is 27.5. The molecule has 0 saturated carbocycles. The number of carboxylic acids is 1. The first-order valence-electron chi connectivity index (χ1n) is 12.3. The third-order valence-electron chi connectivity index (χ3n) is 6.35. The van der Waals surface area contributed by atoms with Gasteiger partial charge in [0.2, 0.25) is 0 Å². The number of carboxylic acid groups (broad SMARTS) is 1. The van der Waals surface area contributed by atoms with E-state index in [2.05, 4.69) is 15.0 Å². The third-order valence-corrected chi connectivity index (χ3v) is 6.35. The van der Waals surface area contributed by atoms with Gasteiger partial charge in [0.25, 0.3) is 0 Å². The maximum atomic E-state index is 12.1. The lowest BCUT2D eigenvalue weighted by Gasteiger charge is -2.10. The molecule has 5 rings (SSSR count). The predicted molar refractivity (Wildman–Crippen MR) is 148 cm³/mol. The summed E-state index contributed by atoms with van der Waals surface area (Å²) in [5.74, 6) is -0.717. The Morgan fingerprint density at radius 2 is 1.79 bits per heavy atom. The summed E-state index contributed by atoms with van der Waals surface area (Å²) >= 11 is 0. The molecule has 196 valence electrons. The Balaban J connectivity index is 1.63. The van der Waals surface area contributed by atoms with Crippen LogP contribution >= 0.6 is 0 Å². The maximum absolute atomic E-state index is 12.1. The van der Waals surface area contributed by atoms with Crippen molar-refractivity contribution >= 4 is 34.2 Å². The van der Waals surface area contributed by atoms with Crippen LogP contribution in [-0.2, 0) is 16.0 Å². The van der Waals surface area contributed by atoms with Gasteiger partial charge in [-0.05, 0) is 61.4 Å². The number of hydrogen-bond donors (Lipinski definition) is 4. The van der Waals surface area contributed by atoms with E-state index in [-0.39, 0.29) is 12.3 Å². The molecule has 0 saturated heterocycles. The van der Waals surface area contributed by atoms with Crippen LogP contribution in [-0.4, -0.2) is 49.9 Å². The van der Waals surface area contributed by atoms with E-state index in [1.807, 2.05) is 55.5 Å². The Morgan fingerprint density at radius 3 is 2.49 bits per heavy atom. The van der Waals surface area contributed by atoms with Crippen molar-refractivity contribution in [3.8, 4) is 17.3 Å². The highest BCUT2D eigenvalue weighted by Crippen LogP contribution is 2.33. The van der Waals surface area contributed by atoms with Crippen molar-refractivity contribution in [2.45, 2.75) is 19.8 Å². The first-order chi connectivity index (χ1) is 18.8. The maximum Gasteiger partial charge on any atom is 0.337 e. The second kappa shape index (κ2) is 10.7. The topological polar surface area (TPSA) is 141 Å². The van der Waals surface area contributed by atoms with Gasteiger partial charge in [-0.25, -0.2) is 14.8 Å². The minimum Gasteiger partial charge on any atom is -0.494 e. The number of H-pyrrole nitrogens is 2. The van der Waals surface area contributed by atoms with Gasteiger partial charge in [-0.15, -0.1) is 0 Å². The molecular formula is C30H26N4O5. The Morgan fingerprint density at radius 1 is 1.00 bits per heavy atom. The molecule has 9 nitrogen and oxygen atoms in total. The Bertz CT molecular complexity index is 1710. The number of ether oxygens (including phenoxy) is 1. The first kappa shape index (κ1) is 25.5. The molecule has 0 fully saturated rings. The van der Waals surface area contributed by atoms with Crippen LogP contribution in [0.4, 0.5) is 5.69 Å². The van der Waals surface area contributed by atoms with Gasteiger partial charge in [0.15, 0.2) is 5.88 Å². The summed E-state index contributed by atoms with van der Waals surface area (Å²) in [6.45, 7) is 1.94. The van der Waals surface area contributed by atoms with Gasteiger partial charge in [-0.3, -0.25) is 4.79 Å². The lowest BCUT2D eigenvalue weighted by Crippen LogP contribution is -2.05. The average Bonchev–Trinajstić information content (AvgIpc) is 3.52. The number of imidazole rings is 1. The Kier molecular flexibility index (Phi) is 6.96. The van der Waals surface area contributed by atoms with Crippen molar-refractivity contribution in [3.05, 3.63) is 101 Å². The summed E-state index contributed by atoms with van der Waals surface area (Å²) in [4.78, 5) is 38.7. The lowest BCUT2D eigenvalue weighted by atomic mass is 9.97. The molecule has 0 aliphatic heterocycles. The van der Waals surface area contributed by atoms with E-state index in [1.165, 1.54) is 7.11 Å². The molecule has 3 aromatic carbocycles. The standard InChI is InChI=1S/C30H26N4O5/c1-17-16-31-28(32-17)19-7-10-22(11-8-19)33-27(20-5-3-4-18(14-20)6-13-25(35)36)26-23-12-9-21(30(38)39-2)15-24(23)34-29(26)37/h3-5,7-12,14-16,34,37H,6,13H2,1-2H3,(H,31,32)(H,35,36). The zero-order valence-electron chi connectivity index (χ0n) is 21.4. The number of aliphatic imine (C=N–C) groups is 1. The summed E-state index contributed by atoms with van der Waals surface area (Å²) in [7, 11) is 1.31. The number of aryl methyl sites for hydroxylation is 2. The molecular weight excluding hydrogens is 496 g/mol. The number of benzene rings is 3. The van der Waals surface area contributed by atoms with Crippen LogP contribution in [0.5, 0.6) is 5.88 Å². The SMILES string of the molecule is COC(=O)c1ccc2c(C(=Nc3ccc(-c4ncc(C)[nH]4)cc3)c3cccc(CCC(=O)O)c3)c(O)[nH]c2c1. The minimum absolute atomic E-state index is 0.00170. The number of fused-ring (bicyclic) bond motifs is 1. The molecule has 5 aromatic rings. The number of aliphatic carboxylic acids is 1. The van der Waals surface area contributed by atoms with Crippen molar-refractivity contribution in [1.82, 2.24) is 15.0 Å². The molecule has 9 heteroatoms. The molecule has 0 amide bonds. The van der Waals surface area contributed by atoms with Crippen LogP contribution in [0.3, 0.4) is 0 Å². The van der Waals surface area contributed by atoms with E-state index in [9.17, 15) is 14.7 Å². The quantitative estimate of drug-likeness (QED) is 0.156. The molecule has 2 heterocycles. The number of hydrogen-bond acceptors (Lipinski definition) is 6. The summed E-state index contributed by atoms with van der Waals surface area (Å²) in [5, 5.41) is 20.8. The smallest absolute Gasteiger partial charge is 0.337 e. The fourth-order valence-electron chi connectivity index (χ4n) is 4.44. The molecule has 0 unspecified atom stereocenters. The Labute approximate surface area is 223 Å². The molecule has 4 N–H and O–H groups in total. The van der Waals surface area contributed by atoms with Crippen LogP contribution in [0.2, 0.25) is 0 Å². The van der Waals surface area contributed by atoms with Gasteiger partial charge in [0.1, 0.15) is 5.82 Å². The van der Waals surface area contributed by atoms with Crippen molar-refractivity contribution in [3.63, 3.8) is 0 Å². The number of methoxy groups -OCH3 is 1. The number of rotatable bonds is 8. The minimum atomic E-state index is -0.878. The van der Waals surface area contributed by atoms with Crippen molar-refractivity contribution in [2.24, 2.45) is 4.99 Å². The van der Waals surface area contributed by atoms with E-state index in [1.54, 1.807) is 24.4 Å². The van der Waals surface area contributed by atoms with Gasteiger partial charge in [-0.1, -0.05) is 24.3 Å². The molecule has 0 aliphatic carbocycles. The van der Waals surface area contributed by atoms with Crippen molar-refractivity contribution in [1.29, 1.82) is 0 Å². The number of nitrogens with one attached hydrogen (secondary N) is 2. The van der Waals surface area contributed by atoms with E-state index in [4.69, 9.17) is 14.8 Å². The largest absolute Gasteiger partial charge is 0.494 e. The average molecular weight is 523 g/mol. The molecule has 0 aliphatic rings. The van der Waals surface area contributed by atoms with E-state index in [0.717, 1.165) is 22.6 Å². The number of esters is 1. The van der Waals surface area contributed by atoms with E-state index in [0.29, 0.717) is 45.4 Å². The van der Waals surface area contributed by atoms with Gasteiger partial charge < -0.3 is 24.9 Å². The highest BCUT2D eigenvalue weighted by molar-refractivity contribution is 6.22. The van der Waals surface area contributed by atoms with Crippen LogP contribution in [0.1, 0.15) is 39.2 Å². The molecule has 0 atom stereocenters. The first-order valence-corrected chi connectivity index (χ1v) is 12.3. The third kappa shape index (κ3) is 5.42. The summed E-state index contributed by atoms with van der Waals surface area (Å²) in [6.07, 6.45) is 2.12. The molecule has 2 aromatic heterocycles. The second-order valence-electron chi connectivity index (χ2n) is 9.12. The fourth-order valence-corrected chi connectivity index (χ4v) is 4.44. The number of carbonyl (C=O) groups excluding carboxylic acids is 1. The molecule has 0 radical (unpaired) electrons. The summed E-state index contributed by atoms with van der Waals surface area (Å²) in [6, 6.07) is 20.0. The van der Waals surface area contributed by atoms with Gasteiger partial charge in [0.05, 0.1) is 29.6 Å². The van der Waals surface area contributed by atoms with E-state index >= 15 is 0 Å². The zero-order valence-corrected chi connectivity index (χ0v) is 21.4. The van der Waals surface area contributed by atoms with Crippen molar-refractivity contribution in [2.75, 3.05) is 7.11 Å². The number of aromatic amines is 2. The van der Waals surface area contributed by atoms with Crippen LogP contribution in [0.25, 0.3) is 22.3 Å². The fraction of sp³-hybridized carbons (Fsp3) is 0.133. The van der Waals surface area contributed by atoms with Crippen LogP contribution < -0.4 is 0 Å². The van der Waals surface area contributed by atoms with E-state index < -0.39 is 11.9 Å². The highest BCUT2D eigenvalue weighted by Gasteiger charge is 2.20. The van der Waals surface area contributed by atoms with Gasteiger partial charge in [-0.2, -0.15) is 0 Å². The van der Waals surface area contributed by atoms with Crippen LogP contribution in [0, 0.1) is 6.92 Å². The van der Waals surface area contributed by atoms with Crippen molar-refractivity contribution < 1.29 is 24.5 Å². The number of carbonyl (C=O) groups is 2. The molecule has 39 heavy (non-hydrogen) atoms. The molecule has 0 bridgehead atoms. The molecule has 0 spiro atoms. The van der Waals surface area contributed by atoms with Gasteiger partial charge >= 0.3 is 11.9 Å². The monoisotopic (exact) mass is 522 g/mol. The summed E-state index contributed by atoms with van der Waals surface area (Å²) in [5.41, 5.74) is 5.89. The number of aromatic nitrogens is 3. The lowest BCUT2D eigenvalue weighted by molar-refractivity contribution is -0.136. The summed E-state index contributed by atoms with van der Waals surface area (Å²) < 4.78 is 4.83. The normalized spacial score (nSPS) is 11.6. The Hall–Kier alpha value is -5.18. The predicted octanol–water partition coefficient (Wildman–Crippen LogP) is 5.54. The van der Waals surface area contributed by atoms with Gasteiger partial charge in [0, 0.05) is 40.3 Å².